The maximum absolute atomic E-state index is 5.51. The summed E-state index contributed by atoms with van der Waals surface area (Å²) >= 11 is 0. The van der Waals surface area contributed by atoms with E-state index in [1.165, 1.54) is 32.1 Å². The predicted octanol–water partition coefficient (Wildman–Crippen LogP) is 1.48. The monoisotopic (exact) mass is 212 g/mol. The first-order valence-electron chi connectivity index (χ1n) is 6.14. The zero-order valence-corrected chi connectivity index (χ0v) is 9.84. The second kappa shape index (κ2) is 7.51. The Bertz CT molecular complexity index is 183. The Balaban J connectivity index is 2.43. The molecule has 0 bridgehead atoms. The molecule has 1 fully saturated rings. The first kappa shape index (κ1) is 12.3. The van der Waals surface area contributed by atoms with Gasteiger partial charge in [0, 0.05) is 19.6 Å². The Hall–Kier alpha value is -0.770. The average molecular weight is 212 g/mol. The van der Waals surface area contributed by atoms with Gasteiger partial charge in [0.05, 0.1) is 0 Å². The van der Waals surface area contributed by atoms with Crippen LogP contribution in [0.4, 0.5) is 0 Å². The lowest BCUT2D eigenvalue weighted by Crippen LogP contribution is -2.45. The third-order valence-corrected chi connectivity index (χ3v) is 2.81. The summed E-state index contributed by atoms with van der Waals surface area (Å²) < 4.78 is 0. The van der Waals surface area contributed by atoms with Gasteiger partial charge in [-0.2, -0.15) is 0 Å². The van der Waals surface area contributed by atoms with Gasteiger partial charge in [0.1, 0.15) is 0 Å². The molecule has 3 N–H and O–H groups in total. The first-order chi connectivity index (χ1) is 7.38. The van der Waals surface area contributed by atoms with Gasteiger partial charge in [-0.25, -0.2) is 5.84 Å². The van der Waals surface area contributed by atoms with E-state index >= 15 is 0 Å². The van der Waals surface area contributed by atoms with Gasteiger partial charge in [0.2, 0.25) is 5.96 Å². The van der Waals surface area contributed by atoms with E-state index < -0.39 is 0 Å². The maximum Gasteiger partial charge on any atom is 0.208 e. The molecule has 4 heteroatoms. The Morgan fingerprint density at radius 2 is 1.93 bits per heavy atom. The average Bonchev–Trinajstić information content (AvgIpc) is 2.53. The molecule has 0 aromatic heterocycles. The number of unbranched alkanes of at least 4 members (excludes halogenated alkanes) is 1. The minimum absolute atomic E-state index is 0.880. The molecule has 0 radical (unpaired) electrons. The molecule has 15 heavy (non-hydrogen) atoms. The highest BCUT2D eigenvalue weighted by molar-refractivity contribution is 5.79. The van der Waals surface area contributed by atoms with Gasteiger partial charge < -0.3 is 4.90 Å². The van der Waals surface area contributed by atoms with Crippen LogP contribution in [-0.4, -0.2) is 30.5 Å². The normalized spacial score (nSPS) is 18.8. The summed E-state index contributed by atoms with van der Waals surface area (Å²) in [7, 11) is 0. The number of hydrogen-bond donors (Lipinski definition) is 2. The zero-order valence-electron chi connectivity index (χ0n) is 9.84. The number of nitrogens with one attached hydrogen (secondary N) is 1. The molecule has 0 unspecified atom stereocenters. The van der Waals surface area contributed by atoms with E-state index in [4.69, 9.17) is 5.84 Å². The maximum atomic E-state index is 5.51. The van der Waals surface area contributed by atoms with Gasteiger partial charge in [-0.05, 0) is 19.3 Å². The van der Waals surface area contributed by atoms with Crippen LogP contribution in [0.25, 0.3) is 0 Å². The fourth-order valence-electron chi connectivity index (χ4n) is 1.86. The molecule has 4 nitrogen and oxygen atoms in total. The molecule has 0 aromatic rings. The highest BCUT2D eigenvalue weighted by Crippen LogP contribution is 2.09. The van der Waals surface area contributed by atoms with Crippen molar-refractivity contribution in [3.63, 3.8) is 0 Å². The Morgan fingerprint density at radius 3 is 2.47 bits per heavy atom. The van der Waals surface area contributed by atoms with Crippen molar-refractivity contribution in [1.82, 2.24) is 10.3 Å². The minimum Gasteiger partial charge on any atom is -0.342 e. The number of nitrogens with zero attached hydrogens (tertiary/aromatic N) is 2. The summed E-state index contributed by atoms with van der Waals surface area (Å²) in [6.07, 6.45) is 7.51. The van der Waals surface area contributed by atoms with Crippen molar-refractivity contribution in [2.45, 2.75) is 45.4 Å². The van der Waals surface area contributed by atoms with Gasteiger partial charge >= 0.3 is 0 Å². The molecule has 0 atom stereocenters. The van der Waals surface area contributed by atoms with Crippen molar-refractivity contribution in [2.75, 3.05) is 19.6 Å². The van der Waals surface area contributed by atoms with E-state index in [2.05, 4.69) is 22.2 Å². The molecule has 1 aliphatic rings. The molecular formula is C11H24N4. The van der Waals surface area contributed by atoms with Gasteiger partial charge in [0.25, 0.3) is 0 Å². The Morgan fingerprint density at radius 1 is 1.27 bits per heavy atom. The summed E-state index contributed by atoms with van der Waals surface area (Å²) in [5.41, 5.74) is 2.73. The summed E-state index contributed by atoms with van der Waals surface area (Å²) in [4.78, 5) is 6.78. The van der Waals surface area contributed by atoms with Gasteiger partial charge in [-0.3, -0.25) is 10.4 Å². The van der Waals surface area contributed by atoms with Crippen molar-refractivity contribution >= 4 is 5.96 Å². The number of nitrogens with two attached hydrogens (primary N) is 1. The van der Waals surface area contributed by atoms with Gasteiger partial charge in [-0.1, -0.05) is 26.2 Å². The molecule has 88 valence electrons. The number of likely N-dealkylation sites (tertiary alicyclic amines) is 1. The predicted molar refractivity (Wildman–Crippen MR) is 64.6 cm³/mol. The molecule has 0 amide bonds. The van der Waals surface area contributed by atoms with Gasteiger partial charge in [-0.15, -0.1) is 0 Å². The lowest BCUT2D eigenvalue weighted by Gasteiger charge is -2.23. The van der Waals surface area contributed by atoms with Crippen molar-refractivity contribution in [3.8, 4) is 0 Å². The van der Waals surface area contributed by atoms with Crippen LogP contribution in [-0.2, 0) is 0 Å². The van der Waals surface area contributed by atoms with Crippen molar-refractivity contribution in [1.29, 1.82) is 0 Å². The van der Waals surface area contributed by atoms with E-state index in [1.807, 2.05) is 0 Å². The standard InChI is InChI=1S/C11H24N4/c1-2-3-8-13-11(14-12)15-9-6-4-5-7-10-15/h2-10,12H2,1H3,(H,13,14). The lowest BCUT2D eigenvalue weighted by atomic mass is 10.2. The van der Waals surface area contributed by atoms with Crippen LogP contribution in [0.5, 0.6) is 0 Å². The number of guanidine groups is 1. The SMILES string of the molecule is CCCCN=C(NN)N1CCCCCC1. The second-order valence-corrected chi connectivity index (χ2v) is 4.10. The van der Waals surface area contributed by atoms with Crippen molar-refractivity contribution in [3.05, 3.63) is 0 Å². The number of hydrogen-bond acceptors (Lipinski definition) is 2. The van der Waals surface area contributed by atoms with E-state index in [0.29, 0.717) is 0 Å². The van der Waals surface area contributed by atoms with Crippen LogP contribution in [0.2, 0.25) is 0 Å². The van der Waals surface area contributed by atoms with Crippen LogP contribution >= 0.6 is 0 Å². The van der Waals surface area contributed by atoms with Crippen LogP contribution in [0.3, 0.4) is 0 Å². The highest BCUT2D eigenvalue weighted by atomic mass is 15.4. The van der Waals surface area contributed by atoms with E-state index in [0.717, 1.165) is 32.0 Å². The fourth-order valence-corrected chi connectivity index (χ4v) is 1.86. The summed E-state index contributed by atoms with van der Waals surface area (Å²) in [6.45, 7) is 5.24. The summed E-state index contributed by atoms with van der Waals surface area (Å²) in [5.74, 6) is 6.39. The quantitative estimate of drug-likeness (QED) is 0.245. The lowest BCUT2D eigenvalue weighted by molar-refractivity contribution is 0.417. The third kappa shape index (κ3) is 4.51. The van der Waals surface area contributed by atoms with Crippen LogP contribution in [0.1, 0.15) is 45.4 Å². The van der Waals surface area contributed by atoms with Crippen LogP contribution in [0, 0.1) is 0 Å². The van der Waals surface area contributed by atoms with Gasteiger partial charge in [0.15, 0.2) is 0 Å². The highest BCUT2D eigenvalue weighted by Gasteiger charge is 2.12. The molecular weight excluding hydrogens is 188 g/mol. The second-order valence-electron chi connectivity index (χ2n) is 4.10. The molecule has 0 spiro atoms. The molecule has 0 aromatic carbocycles. The minimum atomic E-state index is 0.880. The van der Waals surface area contributed by atoms with Crippen molar-refractivity contribution < 1.29 is 0 Å². The van der Waals surface area contributed by atoms with E-state index in [1.54, 1.807) is 0 Å². The van der Waals surface area contributed by atoms with Crippen LogP contribution in [0.15, 0.2) is 4.99 Å². The smallest absolute Gasteiger partial charge is 0.208 e. The molecule has 0 saturated carbocycles. The van der Waals surface area contributed by atoms with E-state index in [9.17, 15) is 0 Å². The molecule has 0 aliphatic carbocycles. The summed E-state index contributed by atoms with van der Waals surface area (Å²) in [6, 6.07) is 0. The third-order valence-electron chi connectivity index (χ3n) is 2.81. The van der Waals surface area contributed by atoms with E-state index in [-0.39, 0.29) is 0 Å². The van der Waals surface area contributed by atoms with Crippen molar-refractivity contribution in [2.24, 2.45) is 10.8 Å². The summed E-state index contributed by atoms with van der Waals surface area (Å²) in [5, 5.41) is 0. The molecule has 1 aliphatic heterocycles. The fraction of sp³-hybridized carbons (Fsp3) is 0.909. The first-order valence-corrected chi connectivity index (χ1v) is 6.14. The van der Waals surface area contributed by atoms with Crippen LogP contribution < -0.4 is 11.3 Å². The Labute approximate surface area is 92.9 Å². The topological polar surface area (TPSA) is 53.6 Å². The number of rotatable bonds is 3. The zero-order chi connectivity index (χ0) is 10.9. The molecule has 1 rings (SSSR count). The molecule has 1 heterocycles. The number of aliphatic imine (C=N–C) groups is 1. The molecule has 1 saturated heterocycles. The Kier molecular flexibility index (Phi) is 6.16. The largest absolute Gasteiger partial charge is 0.342 e. The number of hydrazine groups is 1.